The van der Waals surface area contributed by atoms with Crippen LogP contribution in [0.15, 0.2) is 54.6 Å². The third-order valence-corrected chi connectivity index (χ3v) is 3.86. The van der Waals surface area contributed by atoms with E-state index in [1.54, 1.807) is 45.0 Å². The average Bonchev–Trinajstić information content (AvgIpc) is 2.67. The molecule has 2 aromatic rings. The number of esters is 1. The highest BCUT2D eigenvalue weighted by Gasteiger charge is 2.27. The zero-order valence-electron chi connectivity index (χ0n) is 17.0. The van der Waals surface area contributed by atoms with Gasteiger partial charge in [0, 0.05) is 17.7 Å². The monoisotopic (exact) mass is 398 g/mol. The van der Waals surface area contributed by atoms with Gasteiger partial charge in [0.1, 0.15) is 11.6 Å². The Hall–Kier alpha value is -3.35. The standard InChI is InChI=1S/C22H26N2O5/c1-22(2,3)29-20(26)18(14-15-8-6-5-7-9-15)24-19(25)16-10-12-17(13-11-16)23-21(27)28-4/h5-13,18H,14H2,1-4H3,(H,23,27)(H,24,25). The highest BCUT2D eigenvalue weighted by atomic mass is 16.6. The number of amides is 2. The molecule has 2 aromatic carbocycles. The Bertz CT molecular complexity index is 842. The van der Waals surface area contributed by atoms with Crippen molar-refractivity contribution in [3.63, 3.8) is 0 Å². The fourth-order valence-electron chi connectivity index (χ4n) is 2.53. The second-order valence-electron chi connectivity index (χ2n) is 7.44. The molecule has 0 aliphatic heterocycles. The van der Waals surface area contributed by atoms with Crippen molar-refractivity contribution in [3.8, 4) is 0 Å². The summed E-state index contributed by atoms with van der Waals surface area (Å²) in [6.45, 7) is 5.33. The Morgan fingerprint density at radius 3 is 2.14 bits per heavy atom. The van der Waals surface area contributed by atoms with Crippen LogP contribution in [0.2, 0.25) is 0 Å². The first-order valence-electron chi connectivity index (χ1n) is 9.20. The molecule has 29 heavy (non-hydrogen) atoms. The Morgan fingerprint density at radius 2 is 1.59 bits per heavy atom. The molecule has 7 nitrogen and oxygen atoms in total. The molecule has 0 saturated heterocycles. The van der Waals surface area contributed by atoms with Gasteiger partial charge in [-0.25, -0.2) is 9.59 Å². The zero-order valence-corrected chi connectivity index (χ0v) is 17.0. The maximum Gasteiger partial charge on any atom is 0.411 e. The van der Waals surface area contributed by atoms with E-state index >= 15 is 0 Å². The average molecular weight is 398 g/mol. The van der Waals surface area contributed by atoms with Crippen LogP contribution in [0.4, 0.5) is 10.5 Å². The molecule has 0 radical (unpaired) electrons. The lowest BCUT2D eigenvalue weighted by atomic mass is 10.0. The van der Waals surface area contributed by atoms with E-state index < -0.39 is 29.6 Å². The Labute approximate surface area is 170 Å². The number of carbonyl (C=O) groups excluding carboxylic acids is 3. The summed E-state index contributed by atoms with van der Waals surface area (Å²) in [5.41, 5.74) is 1.07. The summed E-state index contributed by atoms with van der Waals surface area (Å²) in [5, 5.41) is 5.26. The van der Waals surface area contributed by atoms with E-state index in [9.17, 15) is 14.4 Å². The SMILES string of the molecule is COC(=O)Nc1ccc(C(=O)NC(Cc2ccccc2)C(=O)OC(C)(C)C)cc1. The minimum Gasteiger partial charge on any atom is -0.458 e. The van der Waals surface area contributed by atoms with Gasteiger partial charge in [-0.1, -0.05) is 30.3 Å². The van der Waals surface area contributed by atoms with Crippen LogP contribution in [0.25, 0.3) is 0 Å². The topological polar surface area (TPSA) is 93.7 Å². The number of ether oxygens (including phenoxy) is 2. The van der Waals surface area contributed by atoms with Crippen LogP contribution in [0, 0.1) is 0 Å². The summed E-state index contributed by atoms with van der Waals surface area (Å²) in [6.07, 6.45) is -0.293. The summed E-state index contributed by atoms with van der Waals surface area (Å²) in [5.74, 6) is -0.917. The summed E-state index contributed by atoms with van der Waals surface area (Å²) >= 11 is 0. The molecule has 7 heteroatoms. The fraction of sp³-hybridized carbons (Fsp3) is 0.318. The molecule has 0 saturated carbocycles. The maximum atomic E-state index is 12.7. The second kappa shape index (κ2) is 9.73. The number of hydrogen-bond donors (Lipinski definition) is 2. The minimum absolute atomic E-state index is 0.309. The van der Waals surface area contributed by atoms with E-state index in [1.165, 1.54) is 7.11 Å². The van der Waals surface area contributed by atoms with Crippen molar-refractivity contribution in [1.29, 1.82) is 0 Å². The first-order valence-corrected chi connectivity index (χ1v) is 9.20. The van der Waals surface area contributed by atoms with Gasteiger partial charge in [-0.2, -0.15) is 0 Å². The van der Waals surface area contributed by atoms with Crippen LogP contribution in [0.5, 0.6) is 0 Å². The van der Waals surface area contributed by atoms with Crippen molar-refractivity contribution in [2.45, 2.75) is 38.8 Å². The predicted molar refractivity (Wildman–Crippen MR) is 110 cm³/mol. The first-order chi connectivity index (χ1) is 13.7. The number of carbonyl (C=O) groups is 3. The van der Waals surface area contributed by atoms with Gasteiger partial charge in [-0.15, -0.1) is 0 Å². The van der Waals surface area contributed by atoms with Gasteiger partial charge >= 0.3 is 12.1 Å². The fourth-order valence-corrected chi connectivity index (χ4v) is 2.53. The van der Waals surface area contributed by atoms with Gasteiger partial charge in [-0.05, 0) is 50.6 Å². The quantitative estimate of drug-likeness (QED) is 0.726. The molecule has 1 atom stereocenters. The molecule has 0 aliphatic carbocycles. The van der Waals surface area contributed by atoms with E-state index in [1.807, 2.05) is 30.3 Å². The van der Waals surface area contributed by atoms with Gasteiger partial charge in [0.15, 0.2) is 0 Å². The molecule has 2 rings (SSSR count). The third kappa shape index (κ3) is 7.29. The maximum absolute atomic E-state index is 12.7. The van der Waals surface area contributed by atoms with E-state index in [0.717, 1.165) is 5.56 Å². The van der Waals surface area contributed by atoms with E-state index in [2.05, 4.69) is 15.4 Å². The summed E-state index contributed by atoms with van der Waals surface area (Å²) < 4.78 is 10.00. The van der Waals surface area contributed by atoms with E-state index in [4.69, 9.17) is 4.74 Å². The van der Waals surface area contributed by atoms with Gasteiger partial charge in [0.05, 0.1) is 7.11 Å². The Morgan fingerprint density at radius 1 is 0.966 bits per heavy atom. The number of rotatable bonds is 6. The van der Waals surface area contributed by atoms with Crippen molar-refractivity contribution in [2.75, 3.05) is 12.4 Å². The van der Waals surface area contributed by atoms with Crippen molar-refractivity contribution in [2.24, 2.45) is 0 Å². The number of nitrogens with one attached hydrogen (secondary N) is 2. The first kappa shape index (κ1) is 21.9. The number of methoxy groups -OCH3 is 1. The molecule has 0 aromatic heterocycles. The molecule has 0 heterocycles. The normalized spacial score (nSPS) is 11.9. The van der Waals surface area contributed by atoms with Gasteiger partial charge in [-0.3, -0.25) is 10.1 Å². The second-order valence-corrected chi connectivity index (χ2v) is 7.44. The van der Waals surface area contributed by atoms with Crippen LogP contribution >= 0.6 is 0 Å². The number of benzene rings is 2. The van der Waals surface area contributed by atoms with Gasteiger partial charge in [0.2, 0.25) is 0 Å². The van der Waals surface area contributed by atoms with E-state index in [0.29, 0.717) is 17.7 Å². The van der Waals surface area contributed by atoms with E-state index in [-0.39, 0.29) is 0 Å². The van der Waals surface area contributed by atoms with Crippen molar-refractivity contribution >= 4 is 23.7 Å². The van der Waals surface area contributed by atoms with Crippen molar-refractivity contribution in [3.05, 3.63) is 65.7 Å². The largest absolute Gasteiger partial charge is 0.458 e. The molecule has 0 bridgehead atoms. The minimum atomic E-state index is -0.836. The summed E-state index contributed by atoms with van der Waals surface area (Å²) in [4.78, 5) is 36.6. The Balaban J connectivity index is 2.13. The summed E-state index contributed by atoms with van der Waals surface area (Å²) in [7, 11) is 1.26. The number of hydrogen-bond acceptors (Lipinski definition) is 5. The molecular formula is C22H26N2O5. The smallest absolute Gasteiger partial charge is 0.411 e. The van der Waals surface area contributed by atoms with Crippen LogP contribution < -0.4 is 10.6 Å². The lowest BCUT2D eigenvalue weighted by Crippen LogP contribution is -2.45. The summed E-state index contributed by atoms with van der Waals surface area (Å²) in [6, 6.07) is 14.8. The lowest BCUT2D eigenvalue weighted by Gasteiger charge is -2.24. The molecule has 1 unspecified atom stereocenters. The molecule has 2 amide bonds. The highest BCUT2D eigenvalue weighted by molar-refractivity contribution is 5.97. The lowest BCUT2D eigenvalue weighted by molar-refractivity contribution is -0.157. The molecule has 154 valence electrons. The third-order valence-electron chi connectivity index (χ3n) is 3.86. The highest BCUT2D eigenvalue weighted by Crippen LogP contribution is 2.14. The molecule has 0 spiro atoms. The molecule has 0 fully saturated rings. The van der Waals surface area contributed by atoms with Crippen molar-refractivity contribution < 1.29 is 23.9 Å². The predicted octanol–water partition coefficient (Wildman–Crippen LogP) is 3.55. The molecular weight excluding hydrogens is 372 g/mol. The molecule has 2 N–H and O–H groups in total. The molecule has 0 aliphatic rings. The van der Waals surface area contributed by atoms with Crippen LogP contribution in [0.1, 0.15) is 36.7 Å². The number of anilines is 1. The Kier molecular flexibility index (Phi) is 7.36. The van der Waals surface area contributed by atoms with Crippen LogP contribution in [-0.4, -0.2) is 36.7 Å². The van der Waals surface area contributed by atoms with Crippen molar-refractivity contribution in [1.82, 2.24) is 5.32 Å². The zero-order chi connectivity index (χ0) is 21.4. The van der Waals surface area contributed by atoms with Gasteiger partial charge < -0.3 is 14.8 Å². The van der Waals surface area contributed by atoms with Crippen LogP contribution in [-0.2, 0) is 20.7 Å². The van der Waals surface area contributed by atoms with Crippen LogP contribution in [0.3, 0.4) is 0 Å². The van der Waals surface area contributed by atoms with Gasteiger partial charge in [0.25, 0.3) is 5.91 Å².